The van der Waals surface area contributed by atoms with Crippen LogP contribution in [-0.2, 0) is 11.5 Å². The molecule has 1 heterocycles. The third kappa shape index (κ3) is 2.99. The number of aromatic nitrogens is 1. The summed E-state index contributed by atoms with van der Waals surface area (Å²) in [6.07, 6.45) is -7.91. The molecular weight excluding hydrogens is 313 g/mol. The Labute approximate surface area is 101 Å². The van der Waals surface area contributed by atoms with Crippen molar-refractivity contribution in [1.29, 1.82) is 0 Å². The van der Waals surface area contributed by atoms with Gasteiger partial charge in [0.2, 0.25) is 0 Å². The number of carbonyl (C=O) groups is 1. The molecule has 0 radical (unpaired) electrons. The van der Waals surface area contributed by atoms with Gasteiger partial charge in [-0.1, -0.05) is 15.9 Å². The highest BCUT2D eigenvalue weighted by Gasteiger charge is 2.35. The molecule has 0 aliphatic rings. The molecule has 0 spiro atoms. The molecule has 1 aromatic rings. The van der Waals surface area contributed by atoms with Gasteiger partial charge in [0.05, 0.1) is 11.3 Å². The summed E-state index contributed by atoms with van der Waals surface area (Å²) in [7, 11) is 0. The largest absolute Gasteiger partial charge is 0.418 e. The van der Waals surface area contributed by atoms with E-state index in [0.29, 0.717) is 6.07 Å². The molecule has 2 nitrogen and oxygen atoms in total. The van der Waals surface area contributed by atoms with Gasteiger partial charge in [-0.25, -0.2) is 13.8 Å². The van der Waals surface area contributed by atoms with Crippen molar-refractivity contribution < 1.29 is 26.7 Å². The maximum atomic E-state index is 12.5. The zero-order valence-electron chi connectivity index (χ0n) is 8.06. The van der Waals surface area contributed by atoms with Gasteiger partial charge in [-0.2, -0.15) is 13.2 Å². The van der Waals surface area contributed by atoms with E-state index in [1.807, 2.05) is 0 Å². The zero-order chi connectivity index (χ0) is 13.2. The monoisotopic (exact) mass is 317 g/mol. The minimum atomic E-state index is -4.74. The number of hydrogen-bond donors (Lipinski definition) is 0. The molecule has 0 atom stereocenters. The molecule has 8 heteroatoms. The third-order valence-electron chi connectivity index (χ3n) is 1.93. The van der Waals surface area contributed by atoms with Crippen LogP contribution in [0.5, 0.6) is 0 Å². The highest BCUT2D eigenvalue weighted by atomic mass is 79.9. The van der Waals surface area contributed by atoms with Gasteiger partial charge in [-0.05, 0) is 6.07 Å². The summed E-state index contributed by atoms with van der Waals surface area (Å²) in [5.74, 6) is 0. The van der Waals surface area contributed by atoms with E-state index in [9.17, 15) is 26.7 Å². The molecule has 0 bridgehead atoms. The summed E-state index contributed by atoms with van der Waals surface area (Å²) in [5, 5.41) is -0.333. The summed E-state index contributed by atoms with van der Waals surface area (Å²) >= 11 is 2.73. The minimum absolute atomic E-state index is 0.0677. The van der Waals surface area contributed by atoms with E-state index in [-0.39, 0.29) is 11.6 Å². The lowest BCUT2D eigenvalue weighted by molar-refractivity contribution is -0.138. The lowest BCUT2D eigenvalue weighted by atomic mass is 10.1. The number of nitrogens with zero attached hydrogens (tertiary/aromatic N) is 1. The van der Waals surface area contributed by atoms with Gasteiger partial charge >= 0.3 is 6.18 Å². The smallest absolute Gasteiger partial charge is 0.298 e. The van der Waals surface area contributed by atoms with Gasteiger partial charge < -0.3 is 0 Å². The number of carbonyl (C=O) groups excluding carboxylic acids is 1. The Kier molecular flexibility index (Phi) is 4.18. The van der Waals surface area contributed by atoms with Crippen molar-refractivity contribution in [3.8, 4) is 0 Å². The van der Waals surface area contributed by atoms with Crippen LogP contribution in [0.1, 0.15) is 33.7 Å². The first-order valence-corrected chi connectivity index (χ1v) is 5.33. The maximum Gasteiger partial charge on any atom is 0.418 e. The number of halogens is 6. The number of hydrogen-bond acceptors (Lipinski definition) is 2. The average molecular weight is 318 g/mol. The Balaban J connectivity index is 3.49. The first-order valence-electron chi connectivity index (χ1n) is 4.21. The predicted octanol–water partition coefficient (Wildman–Crippen LogP) is 3.75. The van der Waals surface area contributed by atoms with Crippen molar-refractivity contribution in [2.24, 2.45) is 0 Å². The van der Waals surface area contributed by atoms with E-state index in [2.05, 4.69) is 20.9 Å². The fourth-order valence-electron chi connectivity index (χ4n) is 1.20. The van der Waals surface area contributed by atoms with Crippen molar-refractivity contribution in [2.45, 2.75) is 17.9 Å². The first-order chi connectivity index (χ1) is 7.81. The number of pyridine rings is 1. The van der Waals surface area contributed by atoms with Gasteiger partial charge in [0, 0.05) is 10.9 Å². The topological polar surface area (TPSA) is 30.0 Å². The maximum absolute atomic E-state index is 12.5. The van der Waals surface area contributed by atoms with Crippen molar-refractivity contribution >= 4 is 22.2 Å². The van der Waals surface area contributed by atoms with Crippen LogP contribution in [0.3, 0.4) is 0 Å². The molecule has 0 unspecified atom stereocenters. The highest BCUT2D eigenvalue weighted by Crippen LogP contribution is 2.34. The van der Waals surface area contributed by atoms with Gasteiger partial charge in [0.1, 0.15) is 5.69 Å². The van der Waals surface area contributed by atoms with Crippen LogP contribution in [-0.4, -0.2) is 11.3 Å². The van der Waals surface area contributed by atoms with Crippen LogP contribution in [0, 0.1) is 0 Å². The first kappa shape index (κ1) is 14.0. The van der Waals surface area contributed by atoms with Crippen LogP contribution in [0.15, 0.2) is 6.07 Å². The van der Waals surface area contributed by atoms with E-state index >= 15 is 0 Å². The summed E-state index contributed by atoms with van der Waals surface area (Å²) < 4.78 is 62.4. The molecular formula is C9H5BrF5NO. The quantitative estimate of drug-likeness (QED) is 0.483. The fourth-order valence-corrected chi connectivity index (χ4v) is 1.63. The molecule has 0 saturated carbocycles. The Bertz CT molecular complexity index is 432. The molecule has 1 aromatic heterocycles. The molecule has 94 valence electrons. The second-order valence-corrected chi connectivity index (χ2v) is 3.57. The van der Waals surface area contributed by atoms with Crippen molar-refractivity contribution in [3.05, 3.63) is 28.6 Å². The zero-order valence-corrected chi connectivity index (χ0v) is 9.65. The second-order valence-electron chi connectivity index (χ2n) is 3.01. The second kappa shape index (κ2) is 5.07. The lowest BCUT2D eigenvalue weighted by Crippen LogP contribution is -2.13. The third-order valence-corrected chi connectivity index (χ3v) is 2.46. The molecule has 0 N–H and O–H groups in total. The van der Waals surface area contributed by atoms with E-state index in [4.69, 9.17) is 0 Å². The molecule has 0 saturated heterocycles. The summed E-state index contributed by atoms with van der Waals surface area (Å²) in [5.41, 5.74) is -3.46. The van der Waals surface area contributed by atoms with Crippen LogP contribution in [0.4, 0.5) is 22.0 Å². The number of alkyl halides is 6. The van der Waals surface area contributed by atoms with Gasteiger partial charge in [0.15, 0.2) is 6.29 Å². The fraction of sp³-hybridized carbons (Fsp3) is 0.333. The van der Waals surface area contributed by atoms with E-state index < -0.39 is 35.1 Å². The van der Waals surface area contributed by atoms with Gasteiger partial charge in [-0.15, -0.1) is 0 Å². The molecule has 0 amide bonds. The average Bonchev–Trinajstić information content (AvgIpc) is 2.25. The normalized spacial score (nSPS) is 11.9. The summed E-state index contributed by atoms with van der Waals surface area (Å²) in [4.78, 5) is 13.6. The Morgan fingerprint density at radius 3 is 2.35 bits per heavy atom. The molecule has 1 rings (SSSR count). The standard InChI is InChI=1S/C9H5BrF5NO/c10-2-6-5(9(13,14)15)1-4(3-17)7(16-6)8(11)12/h1,3,8H,2H2. The predicted molar refractivity (Wildman–Crippen MR) is 52.2 cm³/mol. The van der Waals surface area contributed by atoms with E-state index in [0.717, 1.165) is 0 Å². The Hall–Kier alpha value is -1.05. The summed E-state index contributed by atoms with van der Waals surface area (Å²) in [6.45, 7) is 0. The van der Waals surface area contributed by atoms with Crippen molar-refractivity contribution in [1.82, 2.24) is 4.98 Å². The lowest BCUT2D eigenvalue weighted by Gasteiger charge is -2.13. The molecule has 0 aliphatic heterocycles. The van der Waals surface area contributed by atoms with Gasteiger partial charge in [-0.3, -0.25) is 4.79 Å². The Morgan fingerprint density at radius 1 is 1.41 bits per heavy atom. The van der Waals surface area contributed by atoms with Gasteiger partial charge in [0.25, 0.3) is 6.43 Å². The van der Waals surface area contributed by atoms with Crippen LogP contribution >= 0.6 is 15.9 Å². The molecule has 0 fully saturated rings. The highest BCUT2D eigenvalue weighted by molar-refractivity contribution is 9.08. The van der Waals surface area contributed by atoms with E-state index in [1.165, 1.54) is 0 Å². The minimum Gasteiger partial charge on any atom is -0.298 e. The SMILES string of the molecule is O=Cc1cc(C(F)(F)F)c(CBr)nc1C(F)F. The van der Waals surface area contributed by atoms with E-state index in [1.54, 1.807) is 0 Å². The number of rotatable bonds is 3. The van der Waals surface area contributed by atoms with Crippen LogP contribution in [0.25, 0.3) is 0 Å². The molecule has 17 heavy (non-hydrogen) atoms. The Morgan fingerprint density at radius 2 is 2.00 bits per heavy atom. The molecule has 0 aromatic carbocycles. The van der Waals surface area contributed by atoms with Crippen LogP contribution in [0.2, 0.25) is 0 Å². The van der Waals surface area contributed by atoms with Crippen molar-refractivity contribution in [3.63, 3.8) is 0 Å². The van der Waals surface area contributed by atoms with Crippen molar-refractivity contribution in [2.75, 3.05) is 0 Å². The number of aldehydes is 1. The molecule has 0 aliphatic carbocycles. The van der Waals surface area contributed by atoms with Crippen LogP contribution < -0.4 is 0 Å². The summed E-state index contributed by atoms with van der Waals surface area (Å²) in [6, 6.07) is 0.387.